The summed E-state index contributed by atoms with van der Waals surface area (Å²) in [6.07, 6.45) is 4.68. The molecule has 38 heavy (non-hydrogen) atoms. The molecule has 3 atom stereocenters. The normalized spacial score (nSPS) is 23.4. The number of phenols is 2. The number of imidazole rings is 1. The van der Waals surface area contributed by atoms with Gasteiger partial charge in [0.2, 0.25) is 5.91 Å². The lowest BCUT2D eigenvalue weighted by molar-refractivity contribution is -0.156. The number of nitrogens with zero attached hydrogens (tertiary/aromatic N) is 5. The van der Waals surface area contributed by atoms with Crippen molar-refractivity contribution in [3.8, 4) is 11.5 Å². The average molecular weight is 560 g/mol. The van der Waals surface area contributed by atoms with Crippen molar-refractivity contribution in [1.82, 2.24) is 24.8 Å². The molecule has 0 bridgehead atoms. The maximum atomic E-state index is 12.8. The Balaban J connectivity index is 1.26. The van der Waals surface area contributed by atoms with Crippen LogP contribution in [0.4, 0.5) is 5.13 Å². The number of hydrogen-bond donors (Lipinski definition) is 6. The minimum Gasteiger partial charge on any atom is -0.504 e. The van der Waals surface area contributed by atoms with Gasteiger partial charge in [0.05, 0.1) is 17.4 Å². The lowest BCUT2D eigenvalue weighted by atomic mass is 9.86. The number of nitrogens with one attached hydrogen (secondary N) is 1. The van der Waals surface area contributed by atoms with Gasteiger partial charge in [-0.1, -0.05) is 17.3 Å². The average Bonchev–Trinajstić information content (AvgIpc) is 3.49. The zero-order valence-corrected chi connectivity index (χ0v) is 21.0. The van der Waals surface area contributed by atoms with Crippen LogP contribution in [0.1, 0.15) is 5.69 Å². The second kappa shape index (κ2) is 9.53. The number of anilines is 1. The molecule has 2 amide bonds. The number of amides is 2. The molecular formula is C22H21N7O7S2. The maximum Gasteiger partial charge on any atom is 0.316 e. The van der Waals surface area contributed by atoms with E-state index < -0.39 is 34.6 Å². The molecule has 2 unspecified atom stereocenters. The van der Waals surface area contributed by atoms with Crippen molar-refractivity contribution < 1.29 is 34.9 Å². The topological polar surface area (TPSA) is 216 Å². The molecule has 0 saturated carbocycles. The Morgan fingerprint density at radius 2 is 2.08 bits per heavy atom. The summed E-state index contributed by atoms with van der Waals surface area (Å²) in [6.45, 7) is 0.144. The number of thiazole rings is 1. The molecule has 0 radical (unpaired) electrons. The number of β-lactam (4-membered cyclic amide) rings is 1. The van der Waals surface area contributed by atoms with Gasteiger partial charge in [0, 0.05) is 36.4 Å². The molecule has 5 rings (SSSR count). The Kier molecular flexibility index (Phi) is 6.36. The van der Waals surface area contributed by atoms with E-state index in [1.54, 1.807) is 10.6 Å². The van der Waals surface area contributed by atoms with E-state index in [1.807, 2.05) is 0 Å². The highest BCUT2D eigenvalue weighted by atomic mass is 32.2. The van der Waals surface area contributed by atoms with Crippen LogP contribution in [0.15, 0.2) is 41.1 Å². The second-order valence-corrected chi connectivity index (χ2v) is 10.7. The Morgan fingerprint density at radius 1 is 1.32 bits per heavy atom. The number of carbonyl (C=O) groups excluding carboxylic acids is 2. The smallest absolute Gasteiger partial charge is 0.316 e. The van der Waals surface area contributed by atoms with Crippen LogP contribution in [0, 0.1) is 5.41 Å². The lowest BCUT2D eigenvalue weighted by Gasteiger charge is -2.53. The van der Waals surface area contributed by atoms with Gasteiger partial charge >= 0.3 is 5.97 Å². The molecule has 2 saturated heterocycles. The number of thioether (sulfide) groups is 1. The first-order valence-electron chi connectivity index (χ1n) is 11.1. The number of aromatic hydroxyl groups is 2. The summed E-state index contributed by atoms with van der Waals surface area (Å²) in [4.78, 5) is 47.2. The summed E-state index contributed by atoms with van der Waals surface area (Å²) in [5.74, 6) is -2.82. The predicted octanol–water partition coefficient (Wildman–Crippen LogP) is 0.392. The number of aliphatic carboxylic acids is 1. The highest BCUT2D eigenvalue weighted by Crippen LogP contribution is 2.43. The lowest BCUT2D eigenvalue weighted by Crippen LogP contribution is -2.73. The number of allylic oxidation sites excluding steroid dienone is 1. The van der Waals surface area contributed by atoms with Crippen LogP contribution in [-0.2, 0) is 20.9 Å². The van der Waals surface area contributed by atoms with E-state index >= 15 is 0 Å². The molecule has 14 nitrogen and oxygen atoms in total. The van der Waals surface area contributed by atoms with Crippen molar-refractivity contribution >= 4 is 62.8 Å². The van der Waals surface area contributed by atoms with E-state index in [2.05, 4.69) is 20.4 Å². The molecule has 0 spiro atoms. The summed E-state index contributed by atoms with van der Waals surface area (Å²) in [5, 5.41) is 45.4. The number of nitrogen functional groups attached to an aromatic ring is 1. The molecule has 0 aliphatic carbocycles. The number of fused-ring (bicyclic) bond motifs is 2. The molecule has 1 aromatic carbocycles. The Morgan fingerprint density at radius 3 is 2.76 bits per heavy atom. The third-order valence-corrected chi connectivity index (χ3v) is 8.58. The zero-order valence-electron chi connectivity index (χ0n) is 19.4. The SMILES string of the molecule is Nc1nc(C(=NO)C(=O)NC2C(=O)N3CC(C=CCn4cnc5cc(O)c(O)cc54)(C(=O)O)CS[C@H]23)cs1. The summed E-state index contributed by atoms with van der Waals surface area (Å²) >= 11 is 2.28. The van der Waals surface area contributed by atoms with Crippen LogP contribution in [0.2, 0.25) is 0 Å². The first-order valence-corrected chi connectivity index (χ1v) is 13.0. The minimum atomic E-state index is -1.36. The van der Waals surface area contributed by atoms with Gasteiger partial charge in [0.25, 0.3) is 5.91 Å². The third-order valence-electron chi connectivity index (χ3n) is 6.35. The van der Waals surface area contributed by atoms with Crippen molar-refractivity contribution in [2.45, 2.75) is 18.0 Å². The third kappa shape index (κ3) is 4.26. The van der Waals surface area contributed by atoms with Gasteiger partial charge in [-0.05, 0) is 0 Å². The summed E-state index contributed by atoms with van der Waals surface area (Å²) in [7, 11) is 0. The fourth-order valence-electron chi connectivity index (χ4n) is 4.33. The molecule has 16 heteroatoms. The number of benzene rings is 1. The van der Waals surface area contributed by atoms with Crippen molar-refractivity contribution in [3.63, 3.8) is 0 Å². The summed E-state index contributed by atoms with van der Waals surface area (Å²) < 4.78 is 1.68. The number of carbonyl (C=O) groups is 3. The van der Waals surface area contributed by atoms with Gasteiger partial charge in [-0.2, -0.15) is 0 Å². The van der Waals surface area contributed by atoms with Crippen molar-refractivity contribution in [3.05, 3.63) is 41.7 Å². The molecule has 3 aromatic rings. The van der Waals surface area contributed by atoms with Crippen LogP contribution >= 0.6 is 23.1 Å². The van der Waals surface area contributed by atoms with Crippen molar-refractivity contribution in [2.75, 3.05) is 18.0 Å². The van der Waals surface area contributed by atoms with Gasteiger partial charge in [0.1, 0.15) is 22.5 Å². The number of rotatable bonds is 7. The highest BCUT2D eigenvalue weighted by Gasteiger charge is 2.56. The van der Waals surface area contributed by atoms with Crippen LogP contribution in [0.25, 0.3) is 11.0 Å². The molecule has 7 N–H and O–H groups in total. The highest BCUT2D eigenvalue weighted by molar-refractivity contribution is 8.00. The van der Waals surface area contributed by atoms with E-state index in [-0.39, 0.29) is 46.9 Å². The van der Waals surface area contributed by atoms with Crippen LogP contribution in [0.3, 0.4) is 0 Å². The quantitative estimate of drug-likeness (QED) is 0.0581. The monoisotopic (exact) mass is 559 g/mol. The molecule has 2 fully saturated rings. The molecule has 4 heterocycles. The summed E-state index contributed by atoms with van der Waals surface area (Å²) in [6, 6.07) is 1.77. The van der Waals surface area contributed by atoms with Crippen LogP contribution < -0.4 is 11.1 Å². The van der Waals surface area contributed by atoms with E-state index in [0.29, 0.717) is 11.0 Å². The van der Waals surface area contributed by atoms with Crippen LogP contribution in [0.5, 0.6) is 11.5 Å². The molecule has 2 aromatic heterocycles. The van der Waals surface area contributed by atoms with Gasteiger partial charge in [0.15, 0.2) is 22.3 Å². The Bertz CT molecular complexity index is 1520. The summed E-state index contributed by atoms with van der Waals surface area (Å²) in [5.41, 5.74) is 4.90. The molecule has 2 aliphatic rings. The largest absolute Gasteiger partial charge is 0.504 e. The number of aromatic nitrogens is 3. The Hall–Kier alpha value is -4.31. The number of hydrogen-bond acceptors (Lipinski definition) is 12. The number of nitrogens with two attached hydrogens (primary N) is 1. The Labute approximate surface area is 222 Å². The number of phenolic OH excluding ortho intramolecular Hbond substituents is 2. The number of carboxylic acids is 1. The van der Waals surface area contributed by atoms with Gasteiger partial charge in [-0.3, -0.25) is 14.4 Å². The number of oxime groups is 1. The van der Waals surface area contributed by atoms with Crippen molar-refractivity contribution in [2.24, 2.45) is 10.6 Å². The van der Waals surface area contributed by atoms with Gasteiger partial charge in [-0.15, -0.1) is 23.1 Å². The standard InChI is InChI=1S/C22H21N7O7S2/c23-21-25-11(6-37-21)15(27-36)17(32)26-16-18(33)29-7-22(20(34)35,8-38-19(16)29)2-1-3-28-9-24-10-4-13(30)14(31)5-12(10)28/h1-2,4-6,9,16,19,30-31,36H,3,7-8H2,(H2,23,25)(H,26,32)(H,34,35)/t16?,19-,22?/m1/s1. The molecular weight excluding hydrogens is 538 g/mol. The predicted molar refractivity (Wildman–Crippen MR) is 137 cm³/mol. The molecule has 198 valence electrons. The van der Waals surface area contributed by atoms with Gasteiger partial charge in [-0.25, -0.2) is 9.97 Å². The van der Waals surface area contributed by atoms with Gasteiger partial charge < -0.3 is 41.0 Å². The first kappa shape index (κ1) is 25.3. The molecule has 2 aliphatic heterocycles. The minimum absolute atomic E-state index is 0.0696. The van der Waals surface area contributed by atoms with E-state index in [9.17, 15) is 34.9 Å². The van der Waals surface area contributed by atoms with E-state index in [4.69, 9.17) is 5.73 Å². The second-order valence-electron chi connectivity index (χ2n) is 8.73. The van der Waals surface area contributed by atoms with Crippen LogP contribution in [-0.4, -0.2) is 87.2 Å². The van der Waals surface area contributed by atoms with E-state index in [1.165, 1.54) is 46.6 Å². The first-order chi connectivity index (χ1) is 18.1. The zero-order chi connectivity index (χ0) is 27.2. The van der Waals surface area contributed by atoms with Crippen molar-refractivity contribution in [1.29, 1.82) is 0 Å². The van der Waals surface area contributed by atoms with E-state index in [0.717, 1.165) is 11.3 Å². The fourth-order valence-corrected chi connectivity index (χ4v) is 6.40. The maximum absolute atomic E-state index is 12.8. The fraction of sp³-hybridized carbons (Fsp3) is 0.273. The number of carboxylic acid groups (broad SMARTS) is 1.